The molecule has 2 aromatic rings. The molecule has 7 heteroatoms. The number of nitrogens with zero attached hydrogens (tertiary/aromatic N) is 4. The summed E-state index contributed by atoms with van der Waals surface area (Å²) in [4.78, 5) is 2.22. The molecule has 23 heavy (non-hydrogen) atoms. The molecule has 0 radical (unpaired) electrons. The second kappa shape index (κ2) is 7.14. The van der Waals surface area contributed by atoms with E-state index in [-0.39, 0.29) is 18.1 Å². The zero-order chi connectivity index (χ0) is 16.2. The van der Waals surface area contributed by atoms with Gasteiger partial charge in [0, 0.05) is 37.9 Å². The Labute approximate surface area is 133 Å². The maximum Gasteiger partial charge on any atom is 0.129 e. The molecule has 1 aliphatic rings. The number of hydrogen-bond acceptors (Lipinski definition) is 4. The number of piperidine rings is 1. The SMILES string of the molecule is OC1CCN(Cc2cn(CCc3c(F)cccc3F)nn2)CC1. The van der Waals surface area contributed by atoms with Gasteiger partial charge in [-0.2, -0.15) is 0 Å². The Morgan fingerprint density at radius 3 is 2.57 bits per heavy atom. The normalized spacial score (nSPS) is 16.8. The third-order valence-corrected chi connectivity index (χ3v) is 4.18. The van der Waals surface area contributed by atoms with E-state index in [9.17, 15) is 13.9 Å². The number of rotatable bonds is 5. The molecule has 124 valence electrons. The average molecular weight is 322 g/mol. The third-order valence-electron chi connectivity index (χ3n) is 4.18. The molecular formula is C16H20F2N4O. The first-order chi connectivity index (χ1) is 11.1. The van der Waals surface area contributed by atoms with Gasteiger partial charge in [0.25, 0.3) is 0 Å². The summed E-state index contributed by atoms with van der Waals surface area (Å²) in [5, 5.41) is 17.6. The lowest BCUT2D eigenvalue weighted by atomic mass is 10.1. The zero-order valence-electron chi connectivity index (χ0n) is 12.8. The van der Waals surface area contributed by atoms with Gasteiger partial charge in [0.2, 0.25) is 0 Å². The van der Waals surface area contributed by atoms with Crippen molar-refractivity contribution in [2.45, 2.75) is 38.5 Å². The van der Waals surface area contributed by atoms with Crippen LogP contribution in [-0.4, -0.2) is 44.2 Å². The van der Waals surface area contributed by atoms with Crippen molar-refractivity contribution in [2.24, 2.45) is 0 Å². The minimum absolute atomic E-state index is 0.0783. The second-order valence-electron chi connectivity index (χ2n) is 5.93. The lowest BCUT2D eigenvalue weighted by Gasteiger charge is -2.28. The molecule has 1 fully saturated rings. The van der Waals surface area contributed by atoms with E-state index in [2.05, 4.69) is 15.2 Å². The fraction of sp³-hybridized carbons (Fsp3) is 0.500. The minimum atomic E-state index is -0.530. The minimum Gasteiger partial charge on any atom is -0.393 e. The lowest BCUT2D eigenvalue weighted by Crippen LogP contribution is -2.35. The molecule has 0 bridgehead atoms. The van der Waals surface area contributed by atoms with Gasteiger partial charge in [0.05, 0.1) is 11.8 Å². The number of aromatic nitrogens is 3. The third kappa shape index (κ3) is 4.11. The Kier molecular flexibility index (Phi) is 4.97. The number of halogens is 2. The Morgan fingerprint density at radius 1 is 1.17 bits per heavy atom. The number of benzene rings is 1. The van der Waals surface area contributed by atoms with Gasteiger partial charge in [0.15, 0.2) is 0 Å². The van der Waals surface area contributed by atoms with E-state index in [0.29, 0.717) is 13.1 Å². The monoisotopic (exact) mass is 322 g/mol. The smallest absolute Gasteiger partial charge is 0.129 e. The Balaban J connectivity index is 1.55. The van der Waals surface area contributed by atoms with Crippen LogP contribution in [0.1, 0.15) is 24.1 Å². The molecule has 1 N–H and O–H groups in total. The number of aliphatic hydroxyl groups is 1. The first-order valence-electron chi connectivity index (χ1n) is 7.84. The highest BCUT2D eigenvalue weighted by atomic mass is 19.1. The molecule has 0 unspecified atom stereocenters. The predicted octanol–water partition coefficient (Wildman–Crippen LogP) is 1.76. The Hall–Kier alpha value is -1.86. The summed E-state index contributed by atoms with van der Waals surface area (Å²) in [6.07, 6.45) is 3.40. The molecule has 5 nitrogen and oxygen atoms in total. The van der Waals surface area contributed by atoms with E-state index in [1.807, 2.05) is 6.20 Å². The van der Waals surface area contributed by atoms with Gasteiger partial charge in [0.1, 0.15) is 11.6 Å². The molecule has 0 aliphatic carbocycles. The van der Waals surface area contributed by atoms with Crippen molar-refractivity contribution in [1.82, 2.24) is 19.9 Å². The van der Waals surface area contributed by atoms with Gasteiger partial charge in [-0.05, 0) is 31.4 Å². The van der Waals surface area contributed by atoms with Crippen LogP contribution in [-0.2, 0) is 19.5 Å². The van der Waals surface area contributed by atoms with Gasteiger partial charge >= 0.3 is 0 Å². The summed E-state index contributed by atoms with van der Waals surface area (Å²) in [6, 6.07) is 3.88. The van der Waals surface area contributed by atoms with Gasteiger partial charge < -0.3 is 5.11 Å². The van der Waals surface area contributed by atoms with Crippen LogP contribution in [0.2, 0.25) is 0 Å². The van der Waals surface area contributed by atoms with Crippen LogP contribution >= 0.6 is 0 Å². The van der Waals surface area contributed by atoms with E-state index in [4.69, 9.17) is 0 Å². The largest absolute Gasteiger partial charge is 0.393 e. The van der Waals surface area contributed by atoms with E-state index < -0.39 is 11.6 Å². The van der Waals surface area contributed by atoms with Crippen LogP contribution in [0.5, 0.6) is 0 Å². The van der Waals surface area contributed by atoms with Gasteiger partial charge in [-0.25, -0.2) is 8.78 Å². The molecule has 1 aromatic heterocycles. The molecular weight excluding hydrogens is 302 g/mol. The molecule has 1 aromatic carbocycles. The highest BCUT2D eigenvalue weighted by Gasteiger charge is 2.18. The molecule has 1 saturated heterocycles. The molecule has 0 spiro atoms. The van der Waals surface area contributed by atoms with Crippen molar-refractivity contribution in [3.05, 3.63) is 47.3 Å². The molecule has 0 amide bonds. The van der Waals surface area contributed by atoms with E-state index in [0.717, 1.165) is 31.6 Å². The second-order valence-corrected chi connectivity index (χ2v) is 5.93. The van der Waals surface area contributed by atoms with E-state index >= 15 is 0 Å². The summed E-state index contributed by atoms with van der Waals surface area (Å²) >= 11 is 0. The van der Waals surface area contributed by atoms with Crippen LogP contribution < -0.4 is 0 Å². The van der Waals surface area contributed by atoms with Crippen molar-refractivity contribution in [3.63, 3.8) is 0 Å². The first-order valence-corrected chi connectivity index (χ1v) is 7.84. The fourth-order valence-corrected chi connectivity index (χ4v) is 2.82. The summed E-state index contributed by atoms with van der Waals surface area (Å²) in [5.41, 5.74) is 0.907. The van der Waals surface area contributed by atoms with Crippen molar-refractivity contribution in [2.75, 3.05) is 13.1 Å². The standard InChI is InChI=1S/C16H20F2N4O/c17-15-2-1-3-16(18)14(15)6-9-22-11-12(19-20-22)10-21-7-4-13(23)5-8-21/h1-3,11,13,23H,4-10H2. The first kappa shape index (κ1) is 16.0. The molecule has 2 heterocycles. The van der Waals surface area contributed by atoms with Crippen LogP contribution in [0.25, 0.3) is 0 Å². The topological polar surface area (TPSA) is 54.2 Å². The highest BCUT2D eigenvalue weighted by Crippen LogP contribution is 2.14. The fourth-order valence-electron chi connectivity index (χ4n) is 2.82. The summed E-state index contributed by atoms with van der Waals surface area (Å²) in [6.45, 7) is 2.74. The highest BCUT2D eigenvalue weighted by molar-refractivity contribution is 5.19. The zero-order valence-corrected chi connectivity index (χ0v) is 12.8. The summed E-state index contributed by atoms with van der Waals surface area (Å²) in [5.74, 6) is -1.06. The number of likely N-dealkylation sites (tertiary alicyclic amines) is 1. The Bertz CT molecular complexity index is 633. The van der Waals surface area contributed by atoms with Crippen LogP contribution in [0, 0.1) is 11.6 Å². The number of aryl methyl sites for hydroxylation is 1. The van der Waals surface area contributed by atoms with Crippen molar-refractivity contribution in [3.8, 4) is 0 Å². The van der Waals surface area contributed by atoms with Crippen molar-refractivity contribution >= 4 is 0 Å². The van der Waals surface area contributed by atoms with E-state index in [1.165, 1.54) is 18.2 Å². The van der Waals surface area contributed by atoms with Crippen LogP contribution in [0.4, 0.5) is 8.78 Å². The van der Waals surface area contributed by atoms with Crippen LogP contribution in [0.3, 0.4) is 0 Å². The molecule has 3 rings (SSSR count). The summed E-state index contributed by atoms with van der Waals surface area (Å²) in [7, 11) is 0. The molecule has 0 atom stereocenters. The maximum atomic E-state index is 13.6. The van der Waals surface area contributed by atoms with Crippen molar-refractivity contribution < 1.29 is 13.9 Å². The van der Waals surface area contributed by atoms with E-state index in [1.54, 1.807) is 4.68 Å². The predicted molar refractivity (Wildman–Crippen MR) is 80.6 cm³/mol. The van der Waals surface area contributed by atoms with Crippen molar-refractivity contribution in [1.29, 1.82) is 0 Å². The molecule has 1 aliphatic heterocycles. The maximum absolute atomic E-state index is 13.6. The quantitative estimate of drug-likeness (QED) is 0.911. The van der Waals surface area contributed by atoms with Crippen LogP contribution in [0.15, 0.2) is 24.4 Å². The lowest BCUT2D eigenvalue weighted by molar-refractivity contribution is 0.0786. The number of hydrogen-bond donors (Lipinski definition) is 1. The Morgan fingerprint density at radius 2 is 1.87 bits per heavy atom. The summed E-state index contributed by atoms with van der Waals surface area (Å²) < 4.78 is 28.8. The van der Waals surface area contributed by atoms with Gasteiger partial charge in [-0.3, -0.25) is 9.58 Å². The van der Waals surface area contributed by atoms with Gasteiger partial charge in [-0.15, -0.1) is 5.10 Å². The average Bonchev–Trinajstić information content (AvgIpc) is 2.97. The van der Waals surface area contributed by atoms with Gasteiger partial charge in [-0.1, -0.05) is 11.3 Å². The molecule has 0 saturated carbocycles. The number of aliphatic hydroxyl groups excluding tert-OH is 1.